The molecule has 0 amide bonds. The number of carbonyl (C=O) groups excluding carboxylic acids is 1. The highest BCUT2D eigenvalue weighted by Crippen LogP contribution is 2.29. The number of ether oxygens (including phenoxy) is 1. The largest absolute Gasteiger partial charge is 0.494 e. The molecule has 0 aromatic heterocycles. The molecule has 0 saturated heterocycles. The van der Waals surface area contributed by atoms with Crippen LogP contribution in [0, 0.1) is 11.3 Å². The van der Waals surface area contributed by atoms with E-state index in [1.165, 1.54) is 13.2 Å². The lowest BCUT2D eigenvalue weighted by atomic mass is 10.0. The van der Waals surface area contributed by atoms with Crippen molar-refractivity contribution in [2.45, 2.75) is 0 Å². The van der Waals surface area contributed by atoms with Crippen LogP contribution in [0.2, 0.25) is 0 Å². The van der Waals surface area contributed by atoms with Crippen molar-refractivity contribution >= 4 is 27.4 Å². The Labute approximate surface area is 95.8 Å². The number of anilines is 1. The summed E-state index contributed by atoms with van der Waals surface area (Å²) in [5, 5.41) is 8.99. The third kappa shape index (κ3) is 2.10. The minimum absolute atomic E-state index is 0.126. The Hall–Kier alpha value is -1.54. The topological polar surface area (TPSA) is 76.1 Å². The molecule has 0 atom stereocenters. The molecule has 0 radical (unpaired) electrons. The van der Waals surface area contributed by atoms with Crippen LogP contribution in [0.1, 0.15) is 15.9 Å². The van der Waals surface area contributed by atoms with E-state index in [0.717, 1.165) is 0 Å². The third-order valence-corrected chi connectivity index (χ3v) is 2.42. The fourth-order valence-electron chi connectivity index (χ4n) is 1.26. The fourth-order valence-corrected chi connectivity index (χ4v) is 1.54. The Morgan fingerprint density at radius 3 is 2.80 bits per heavy atom. The van der Waals surface area contributed by atoms with Gasteiger partial charge in [-0.25, -0.2) is 0 Å². The average Bonchev–Trinajstić information content (AvgIpc) is 2.27. The maximum Gasteiger partial charge on any atom is 0.178 e. The van der Waals surface area contributed by atoms with E-state index < -0.39 is 0 Å². The highest BCUT2D eigenvalue weighted by Gasteiger charge is 2.18. The molecule has 4 nitrogen and oxygen atoms in total. The van der Waals surface area contributed by atoms with Crippen LogP contribution in [0.15, 0.2) is 12.1 Å². The highest BCUT2D eigenvalue weighted by molar-refractivity contribution is 9.09. The van der Waals surface area contributed by atoms with E-state index in [4.69, 9.17) is 15.7 Å². The number of ketones is 1. The lowest BCUT2D eigenvalue weighted by Crippen LogP contribution is -2.08. The summed E-state index contributed by atoms with van der Waals surface area (Å²) in [5.41, 5.74) is 6.50. The number of nitrogen functional groups attached to an aromatic ring is 1. The molecular formula is C10H9BrN2O2. The summed E-state index contributed by atoms with van der Waals surface area (Å²) in [5.74, 6) is 0.0363. The SMILES string of the molecule is COc1c(N)ccc(C#N)c1C(=O)CBr. The number of rotatable bonds is 3. The third-order valence-electron chi connectivity index (χ3n) is 1.91. The monoisotopic (exact) mass is 268 g/mol. The van der Waals surface area contributed by atoms with Gasteiger partial charge in [-0.15, -0.1) is 0 Å². The van der Waals surface area contributed by atoms with E-state index in [0.29, 0.717) is 5.69 Å². The van der Waals surface area contributed by atoms with Gasteiger partial charge in [0.05, 0.1) is 29.3 Å². The van der Waals surface area contributed by atoms with Crippen LogP contribution < -0.4 is 10.5 Å². The van der Waals surface area contributed by atoms with Crippen LogP contribution in [0.3, 0.4) is 0 Å². The average molecular weight is 269 g/mol. The standard InChI is InChI=1S/C10H9BrN2O2/c1-15-10-7(13)3-2-6(5-12)9(10)8(14)4-11/h2-3H,4,13H2,1H3. The smallest absolute Gasteiger partial charge is 0.178 e. The molecular weight excluding hydrogens is 260 g/mol. The second kappa shape index (κ2) is 4.80. The zero-order chi connectivity index (χ0) is 11.4. The van der Waals surface area contributed by atoms with Gasteiger partial charge >= 0.3 is 0 Å². The van der Waals surface area contributed by atoms with Crippen molar-refractivity contribution in [3.63, 3.8) is 0 Å². The number of carbonyl (C=O) groups is 1. The van der Waals surface area contributed by atoms with Crippen LogP contribution in [-0.2, 0) is 0 Å². The van der Waals surface area contributed by atoms with Crippen LogP contribution in [0.25, 0.3) is 0 Å². The van der Waals surface area contributed by atoms with Gasteiger partial charge in [0.15, 0.2) is 11.5 Å². The van der Waals surface area contributed by atoms with E-state index in [-0.39, 0.29) is 28.0 Å². The van der Waals surface area contributed by atoms with Gasteiger partial charge in [-0.1, -0.05) is 15.9 Å². The summed E-state index contributed by atoms with van der Waals surface area (Å²) >= 11 is 3.05. The molecule has 78 valence electrons. The van der Waals surface area contributed by atoms with Gasteiger partial charge in [0.25, 0.3) is 0 Å². The van der Waals surface area contributed by atoms with E-state index in [1.807, 2.05) is 6.07 Å². The maximum atomic E-state index is 11.6. The zero-order valence-electron chi connectivity index (χ0n) is 8.08. The van der Waals surface area contributed by atoms with Crippen molar-refractivity contribution in [1.29, 1.82) is 5.26 Å². The molecule has 0 aliphatic rings. The quantitative estimate of drug-likeness (QED) is 0.515. The van der Waals surface area contributed by atoms with Gasteiger partial charge in [0, 0.05) is 0 Å². The van der Waals surface area contributed by atoms with Gasteiger partial charge in [0.1, 0.15) is 6.07 Å². The minimum Gasteiger partial charge on any atom is -0.494 e. The predicted octanol–water partition coefficient (Wildman–Crippen LogP) is 1.73. The predicted molar refractivity (Wildman–Crippen MR) is 60.2 cm³/mol. The van der Waals surface area contributed by atoms with Gasteiger partial charge in [-0.05, 0) is 12.1 Å². The van der Waals surface area contributed by atoms with Gasteiger partial charge in [0.2, 0.25) is 0 Å². The number of benzene rings is 1. The Balaban J connectivity index is 3.49. The second-order valence-corrected chi connectivity index (χ2v) is 3.34. The van der Waals surface area contributed by atoms with Crippen molar-refractivity contribution in [1.82, 2.24) is 0 Å². The number of halogens is 1. The van der Waals surface area contributed by atoms with Crippen LogP contribution >= 0.6 is 15.9 Å². The first kappa shape index (κ1) is 11.5. The fraction of sp³-hybridized carbons (Fsp3) is 0.200. The summed E-state index contributed by atoms with van der Waals surface area (Å²) < 4.78 is 5.02. The zero-order valence-corrected chi connectivity index (χ0v) is 9.67. The molecule has 0 fully saturated rings. The summed E-state index contributed by atoms with van der Waals surface area (Å²) in [4.78, 5) is 11.6. The Bertz CT molecular complexity index is 438. The van der Waals surface area contributed by atoms with E-state index >= 15 is 0 Å². The van der Waals surface area contributed by atoms with E-state index in [1.54, 1.807) is 6.07 Å². The molecule has 0 unspecified atom stereocenters. The lowest BCUT2D eigenvalue weighted by Gasteiger charge is -2.10. The number of alkyl halides is 1. The number of nitrogens with zero attached hydrogens (tertiary/aromatic N) is 1. The number of Topliss-reactive ketones (excluding diaryl/α,β-unsaturated/α-hetero) is 1. The summed E-state index contributed by atoms with van der Waals surface area (Å²) in [6, 6.07) is 4.99. The first-order valence-corrected chi connectivity index (χ1v) is 5.23. The first-order valence-electron chi connectivity index (χ1n) is 4.11. The van der Waals surface area contributed by atoms with Crippen LogP contribution in [-0.4, -0.2) is 18.2 Å². The van der Waals surface area contributed by atoms with Gasteiger partial charge in [-0.3, -0.25) is 4.79 Å². The van der Waals surface area contributed by atoms with Crippen molar-refractivity contribution < 1.29 is 9.53 Å². The molecule has 1 aromatic carbocycles. The normalized spacial score (nSPS) is 9.40. The second-order valence-electron chi connectivity index (χ2n) is 2.78. The molecule has 0 aliphatic heterocycles. The van der Waals surface area contributed by atoms with E-state index in [2.05, 4.69) is 15.9 Å². The molecule has 2 N–H and O–H groups in total. The van der Waals surface area contributed by atoms with Crippen molar-refractivity contribution in [3.05, 3.63) is 23.3 Å². The number of nitriles is 1. The molecule has 0 aliphatic carbocycles. The molecule has 0 heterocycles. The molecule has 15 heavy (non-hydrogen) atoms. The van der Waals surface area contributed by atoms with Crippen molar-refractivity contribution in [3.8, 4) is 11.8 Å². The Morgan fingerprint density at radius 1 is 1.67 bits per heavy atom. The van der Waals surface area contributed by atoms with Crippen molar-refractivity contribution in [2.75, 3.05) is 18.2 Å². The maximum absolute atomic E-state index is 11.6. The first-order chi connectivity index (χ1) is 7.15. The number of hydrogen-bond acceptors (Lipinski definition) is 4. The minimum atomic E-state index is -0.226. The molecule has 5 heteroatoms. The summed E-state index contributed by atoms with van der Waals surface area (Å²) in [6.45, 7) is 0. The highest BCUT2D eigenvalue weighted by atomic mass is 79.9. The van der Waals surface area contributed by atoms with Crippen molar-refractivity contribution in [2.24, 2.45) is 0 Å². The summed E-state index contributed by atoms with van der Waals surface area (Å²) in [6.07, 6.45) is 0. The van der Waals surface area contributed by atoms with Crippen LogP contribution in [0.4, 0.5) is 5.69 Å². The number of nitrogens with two attached hydrogens (primary N) is 1. The van der Waals surface area contributed by atoms with Crippen LogP contribution in [0.5, 0.6) is 5.75 Å². The van der Waals surface area contributed by atoms with Gasteiger partial charge < -0.3 is 10.5 Å². The molecule has 1 aromatic rings. The van der Waals surface area contributed by atoms with Gasteiger partial charge in [-0.2, -0.15) is 5.26 Å². The Morgan fingerprint density at radius 2 is 2.33 bits per heavy atom. The number of hydrogen-bond donors (Lipinski definition) is 1. The molecule has 0 bridgehead atoms. The molecule has 0 saturated carbocycles. The molecule has 1 rings (SSSR count). The number of methoxy groups -OCH3 is 1. The molecule has 0 spiro atoms. The lowest BCUT2D eigenvalue weighted by molar-refractivity contribution is 0.102. The summed E-state index contributed by atoms with van der Waals surface area (Å²) in [7, 11) is 1.41. The Kier molecular flexibility index (Phi) is 3.69. The van der Waals surface area contributed by atoms with E-state index in [9.17, 15) is 4.79 Å².